The summed E-state index contributed by atoms with van der Waals surface area (Å²) in [4.78, 5) is 25.5. The zero-order chi connectivity index (χ0) is 14.5. The Morgan fingerprint density at radius 1 is 1.58 bits per heavy atom. The van der Waals surface area contributed by atoms with Crippen molar-refractivity contribution >= 4 is 6.09 Å². The second kappa shape index (κ2) is 6.05. The molecule has 0 bridgehead atoms. The number of hydrogen-bond donors (Lipinski definition) is 2. The van der Waals surface area contributed by atoms with E-state index >= 15 is 0 Å². The van der Waals surface area contributed by atoms with Crippen molar-refractivity contribution in [2.75, 3.05) is 0 Å². The summed E-state index contributed by atoms with van der Waals surface area (Å²) < 4.78 is 5.05. The van der Waals surface area contributed by atoms with Gasteiger partial charge in [-0.3, -0.25) is 4.79 Å². The van der Waals surface area contributed by atoms with Crippen molar-refractivity contribution < 1.29 is 9.53 Å². The fourth-order valence-corrected chi connectivity index (χ4v) is 1.42. The van der Waals surface area contributed by atoms with E-state index in [9.17, 15) is 9.59 Å². The third kappa shape index (κ3) is 5.25. The van der Waals surface area contributed by atoms with Gasteiger partial charge in [0.2, 0.25) is 0 Å². The highest BCUT2D eigenvalue weighted by Gasteiger charge is 2.20. The number of rotatable bonds is 3. The number of nitriles is 1. The highest BCUT2D eigenvalue weighted by molar-refractivity contribution is 5.68. The van der Waals surface area contributed by atoms with Crippen LogP contribution in [0.15, 0.2) is 23.1 Å². The molecule has 19 heavy (non-hydrogen) atoms. The molecule has 0 aliphatic rings. The zero-order valence-electron chi connectivity index (χ0n) is 11.2. The summed E-state index contributed by atoms with van der Waals surface area (Å²) in [5.41, 5.74) is -0.465. The molecular weight excluding hydrogens is 246 g/mol. The molecule has 0 spiro atoms. The van der Waals surface area contributed by atoms with E-state index in [0.717, 1.165) is 0 Å². The molecule has 2 N–H and O–H groups in total. The van der Waals surface area contributed by atoms with E-state index in [1.54, 1.807) is 32.9 Å². The van der Waals surface area contributed by atoms with Crippen LogP contribution in [0.3, 0.4) is 0 Å². The van der Waals surface area contributed by atoms with Crippen LogP contribution in [0.4, 0.5) is 4.79 Å². The molecule has 0 aliphatic heterocycles. The first-order chi connectivity index (χ1) is 8.81. The highest BCUT2D eigenvalue weighted by Crippen LogP contribution is 2.07. The Morgan fingerprint density at radius 3 is 2.79 bits per heavy atom. The maximum absolute atomic E-state index is 11.5. The number of carbonyl (C=O) groups excluding carboxylic acids is 1. The minimum Gasteiger partial charge on any atom is -0.444 e. The number of ether oxygens (including phenoxy) is 1. The topological polar surface area (TPSA) is 95.0 Å². The lowest BCUT2D eigenvalue weighted by atomic mass is 10.1. The average molecular weight is 263 g/mol. The van der Waals surface area contributed by atoms with Gasteiger partial charge < -0.3 is 15.0 Å². The maximum atomic E-state index is 11.5. The van der Waals surface area contributed by atoms with Crippen LogP contribution >= 0.6 is 0 Å². The Hall–Kier alpha value is -2.29. The fraction of sp³-hybridized carbons (Fsp3) is 0.462. The number of nitrogens with one attached hydrogen (secondary N) is 2. The van der Waals surface area contributed by atoms with Gasteiger partial charge in [-0.25, -0.2) is 4.79 Å². The van der Waals surface area contributed by atoms with Crippen molar-refractivity contribution in [1.29, 1.82) is 5.26 Å². The van der Waals surface area contributed by atoms with Crippen molar-refractivity contribution in [3.63, 3.8) is 0 Å². The summed E-state index contributed by atoms with van der Waals surface area (Å²) in [6, 6.07) is 4.40. The molecule has 1 rings (SSSR count). The lowest BCUT2D eigenvalue weighted by molar-refractivity contribution is 0.0516. The first-order valence-corrected chi connectivity index (χ1v) is 5.87. The molecular formula is C13H17N3O3. The Kier molecular flexibility index (Phi) is 4.70. The van der Waals surface area contributed by atoms with Crippen molar-refractivity contribution in [2.45, 2.75) is 38.8 Å². The second-order valence-electron chi connectivity index (χ2n) is 5.06. The number of aromatic nitrogens is 1. The largest absolute Gasteiger partial charge is 0.444 e. The molecule has 0 saturated heterocycles. The average Bonchev–Trinajstić information content (AvgIpc) is 2.28. The molecule has 6 heteroatoms. The van der Waals surface area contributed by atoms with Crippen LogP contribution in [0.1, 0.15) is 26.3 Å². The SMILES string of the molecule is CC(C)(C)OC(=O)NC(C#N)Cc1ccc[nH]c1=O. The van der Waals surface area contributed by atoms with E-state index in [4.69, 9.17) is 10.00 Å². The molecule has 0 aromatic carbocycles. The first-order valence-electron chi connectivity index (χ1n) is 5.87. The van der Waals surface area contributed by atoms with E-state index in [1.165, 1.54) is 6.20 Å². The van der Waals surface area contributed by atoms with Crippen molar-refractivity contribution in [3.05, 3.63) is 34.2 Å². The minimum atomic E-state index is -0.807. The normalized spacial score (nSPS) is 12.3. The van der Waals surface area contributed by atoms with Gasteiger partial charge in [0.15, 0.2) is 0 Å². The smallest absolute Gasteiger partial charge is 0.408 e. The van der Waals surface area contributed by atoms with Crippen LogP contribution in [0.5, 0.6) is 0 Å². The monoisotopic (exact) mass is 263 g/mol. The summed E-state index contributed by atoms with van der Waals surface area (Å²) in [6.07, 6.45) is 0.965. The van der Waals surface area contributed by atoms with E-state index in [1.807, 2.05) is 6.07 Å². The molecule has 6 nitrogen and oxygen atoms in total. The standard InChI is InChI=1S/C13H17N3O3/c1-13(2,3)19-12(18)16-10(8-14)7-9-5-4-6-15-11(9)17/h4-6,10H,7H2,1-3H3,(H,15,17)(H,16,18). The quantitative estimate of drug-likeness (QED) is 0.860. The van der Waals surface area contributed by atoms with Gasteiger partial charge >= 0.3 is 6.09 Å². The third-order valence-corrected chi connectivity index (χ3v) is 2.17. The van der Waals surface area contributed by atoms with Gasteiger partial charge in [-0.15, -0.1) is 0 Å². The summed E-state index contributed by atoms with van der Waals surface area (Å²) in [7, 11) is 0. The van der Waals surface area contributed by atoms with Crippen LogP contribution < -0.4 is 10.9 Å². The van der Waals surface area contributed by atoms with Crippen LogP contribution in [0.25, 0.3) is 0 Å². The molecule has 1 heterocycles. The predicted molar refractivity (Wildman–Crippen MR) is 69.5 cm³/mol. The Balaban J connectivity index is 2.66. The third-order valence-electron chi connectivity index (χ3n) is 2.17. The Bertz CT molecular complexity index is 537. The summed E-state index contributed by atoms with van der Waals surface area (Å²) in [5, 5.41) is 11.4. The van der Waals surface area contributed by atoms with E-state index in [2.05, 4.69) is 10.3 Å². The lowest BCUT2D eigenvalue weighted by Crippen LogP contribution is -2.40. The van der Waals surface area contributed by atoms with Gasteiger partial charge in [0, 0.05) is 18.2 Å². The molecule has 1 atom stereocenters. The molecule has 0 fully saturated rings. The van der Waals surface area contributed by atoms with Crippen LogP contribution in [-0.2, 0) is 11.2 Å². The highest BCUT2D eigenvalue weighted by atomic mass is 16.6. The number of amides is 1. The second-order valence-corrected chi connectivity index (χ2v) is 5.06. The van der Waals surface area contributed by atoms with Gasteiger partial charge in [0.25, 0.3) is 5.56 Å². The van der Waals surface area contributed by atoms with Gasteiger partial charge in [-0.05, 0) is 26.8 Å². The molecule has 0 aliphatic carbocycles. The van der Waals surface area contributed by atoms with Gasteiger partial charge in [-0.1, -0.05) is 6.07 Å². The molecule has 0 saturated carbocycles. The summed E-state index contributed by atoms with van der Waals surface area (Å²) in [6.45, 7) is 5.20. The first kappa shape index (κ1) is 14.8. The molecule has 102 valence electrons. The van der Waals surface area contributed by atoms with E-state index in [-0.39, 0.29) is 12.0 Å². The maximum Gasteiger partial charge on any atom is 0.408 e. The van der Waals surface area contributed by atoms with E-state index in [0.29, 0.717) is 5.56 Å². The fourth-order valence-electron chi connectivity index (χ4n) is 1.42. The van der Waals surface area contributed by atoms with Crippen molar-refractivity contribution in [2.24, 2.45) is 0 Å². The van der Waals surface area contributed by atoms with Crippen molar-refractivity contribution in [3.8, 4) is 6.07 Å². The molecule has 1 unspecified atom stereocenters. The molecule has 1 aromatic heterocycles. The van der Waals surface area contributed by atoms with Crippen molar-refractivity contribution in [1.82, 2.24) is 10.3 Å². The number of pyridine rings is 1. The number of carbonyl (C=O) groups is 1. The Labute approximate surface area is 111 Å². The number of aromatic amines is 1. The number of alkyl carbamates (subject to hydrolysis) is 1. The van der Waals surface area contributed by atoms with Gasteiger partial charge in [0.1, 0.15) is 11.6 Å². The number of H-pyrrole nitrogens is 1. The lowest BCUT2D eigenvalue weighted by Gasteiger charge is -2.21. The number of nitrogens with zero attached hydrogens (tertiary/aromatic N) is 1. The minimum absolute atomic E-state index is 0.131. The van der Waals surface area contributed by atoms with Crippen LogP contribution in [-0.4, -0.2) is 22.7 Å². The summed E-state index contributed by atoms with van der Waals surface area (Å²) >= 11 is 0. The Morgan fingerprint density at radius 2 is 2.26 bits per heavy atom. The summed E-state index contributed by atoms with van der Waals surface area (Å²) in [5.74, 6) is 0. The van der Waals surface area contributed by atoms with Crippen LogP contribution in [0, 0.1) is 11.3 Å². The van der Waals surface area contributed by atoms with Crippen LogP contribution in [0.2, 0.25) is 0 Å². The zero-order valence-corrected chi connectivity index (χ0v) is 11.2. The molecule has 1 amide bonds. The van der Waals surface area contributed by atoms with Gasteiger partial charge in [0.05, 0.1) is 6.07 Å². The predicted octanol–water partition coefficient (Wildman–Crippen LogP) is 1.33. The number of hydrogen-bond acceptors (Lipinski definition) is 4. The molecule has 0 radical (unpaired) electrons. The van der Waals surface area contributed by atoms with E-state index < -0.39 is 17.7 Å². The van der Waals surface area contributed by atoms with Gasteiger partial charge in [-0.2, -0.15) is 5.26 Å². The molecule has 1 aromatic rings.